The quantitative estimate of drug-likeness (QED) is 0.889. The molecule has 20 heavy (non-hydrogen) atoms. The average molecular weight is 275 g/mol. The van der Waals surface area contributed by atoms with E-state index in [-0.39, 0.29) is 5.54 Å². The fourth-order valence-corrected chi connectivity index (χ4v) is 3.03. The third-order valence-electron chi connectivity index (χ3n) is 4.62. The topological polar surface area (TPSA) is 21.3 Å². The zero-order chi connectivity index (χ0) is 14.9. The number of benzene rings is 1. The van der Waals surface area contributed by atoms with Gasteiger partial charge in [-0.1, -0.05) is 12.1 Å². The molecule has 1 aliphatic rings. The molecule has 1 aromatic rings. The molecular weight excluding hydrogens is 246 g/mol. The van der Waals surface area contributed by atoms with Crippen LogP contribution in [0.3, 0.4) is 0 Å². The molecule has 112 valence electrons. The third-order valence-corrected chi connectivity index (χ3v) is 4.62. The average Bonchev–Trinajstić information content (AvgIpc) is 2.31. The van der Waals surface area contributed by atoms with Crippen LogP contribution in [0, 0.1) is 19.8 Å². The lowest BCUT2D eigenvalue weighted by Crippen LogP contribution is -2.43. The number of nitrogens with one attached hydrogen (secondary N) is 1. The van der Waals surface area contributed by atoms with E-state index >= 15 is 0 Å². The molecule has 0 bridgehead atoms. The highest BCUT2D eigenvalue weighted by atomic mass is 16.5. The Kier molecular flexibility index (Phi) is 4.43. The van der Waals surface area contributed by atoms with Crippen LogP contribution in [-0.2, 0) is 0 Å². The van der Waals surface area contributed by atoms with Gasteiger partial charge >= 0.3 is 0 Å². The number of hydrogen-bond donors (Lipinski definition) is 1. The minimum absolute atomic E-state index is 0.202. The van der Waals surface area contributed by atoms with Gasteiger partial charge in [0.2, 0.25) is 0 Å². The second-order valence-corrected chi connectivity index (χ2v) is 7.20. The second kappa shape index (κ2) is 5.77. The first-order valence-corrected chi connectivity index (χ1v) is 7.72. The number of methoxy groups -OCH3 is 1. The van der Waals surface area contributed by atoms with Gasteiger partial charge in [0.25, 0.3) is 0 Å². The van der Waals surface area contributed by atoms with Crippen LogP contribution >= 0.6 is 0 Å². The van der Waals surface area contributed by atoms with Crippen molar-refractivity contribution in [1.29, 1.82) is 0 Å². The summed E-state index contributed by atoms with van der Waals surface area (Å²) < 4.78 is 5.69. The minimum atomic E-state index is 0.202. The lowest BCUT2D eigenvalue weighted by atomic mass is 9.69. The summed E-state index contributed by atoms with van der Waals surface area (Å²) in [5, 5.41) is 3.65. The van der Waals surface area contributed by atoms with E-state index in [2.05, 4.69) is 52.1 Å². The summed E-state index contributed by atoms with van der Waals surface area (Å²) in [5.41, 5.74) is 4.21. The molecule has 1 saturated carbocycles. The van der Waals surface area contributed by atoms with E-state index in [1.807, 2.05) is 0 Å². The molecule has 1 aliphatic carbocycles. The Morgan fingerprint density at radius 2 is 1.90 bits per heavy atom. The number of aryl methyl sites for hydroxylation is 1. The second-order valence-electron chi connectivity index (χ2n) is 7.20. The summed E-state index contributed by atoms with van der Waals surface area (Å²) in [4.78, 5) is 0. The van der Waals surface area contributed by atoms with E-state index in [0.29, 0.717) is 5.92 Å². The van der Waals surface area contributed by atoms with Gasteiger partial charge in [-0.2, -0.15) is 0 Å². The number of hydrogen-bond acceptors (Lipinski definition) is 2. The molecular formula is C18H29NO. The van der Waals surface area contributed by atoms with Crippen LogP contribution in [0.15, 0.2) is 12.1 Å². The monoisotopic (exact) mass is 275 g/mol. The molecule has 2 nitrogen and oxygen atoms in total. The van der Waals surface area contributed by atoms with Crippen molar-refractivity contribution < 1.29 is 4.74 Å². The largest absolute Gasteiger partial charge is 0.496 e. The van der Waals surface area contributed by atoms with Crippen LogP contribution in [0.25, 0.3) is 0 Å². The van der Waals surface area contributed by atoms with Gasteiger partial charge in [-0.15, -0.1) is 0 Å². The first kappa shape index (κ1) is 15.4. The Labute approximate surface area is 123 Å². The molecule has 1 N–H and O–H groups in total. The van der Waals surface area contributed by atoms with Crippen molar-refractivity contribution in [1.82, 2.24) is 5.32 Å². The van der Waals surface area contributed by atoms with Gasteiger partial charge in [0, 0.05) is 5.54 Å². The summed E-state index contributed by atoms with van der Waals surface area (Å²) >= 11 is 0. The van der Waals surface area contributed by atoms with Gasteiger partial charge < -0.3 is 10.1 Å². The molecule has 0 amide bonds. The lowest BCUT2D eigenvalue weighted by molar-refractivity contribution is 0.221. The van der Waals surface area contributed by atoms with E-state index in [1.165, 1.54) is 29.5 Å². The highest BCUT2D eigenvalue weighted by Gasteiger charge is 2.34. The predicted octanol–water partition coefficient (Wildman–Crippen LogP) is 4.19. The van der Waals surface area contributed by atoms with Crippen LogP contribution in [0.2, 0.25) is 0 Å². The lowest BCUT2D eigenvalue weighted by Gasteiger charge is -2.40. The van der Waals surface area contributed by atoms with Crippen LogP contribution in [0.5, 0.6) is 5.75 Å². The molecule has 0 heterocycles. The van der Waals surface area contributed by atoms with Crippen LogP contribution in [0.4, 0.5) is 0 Å². The first-order valence-electron chi connectivity index (χ1n) is 7.72. The van der Waals surface area contributed by atoms with Crippen LogP contribution < -0.4 is 10.1 Å². The van der Waals surface area contributed by atoms with Crippen molar-refractivity contribution >= 4 is 0 Å². The molecule has 0 aliphatic heterocycles. The zero-order valence-corrected chi connectivity index (χ0v) is 13.8. The normalized spacial score (nSPS) is 22.5. The van der Waals surface area contributed by atoms with Gasteiger partial charge in [0.1, 0.15) is 5.75 Å². The molecule has 2 atom stereocenters. The summed E-state index contributed by atoms with van der Waals surface area (Å²) in [6.45, 7) is 12.1. The summed E-state index contributed by atoms with van der Waals surface area (Å²) in [5.74, 6) is 2.50. The van der Waals surface area contributed by atoms with E-state index in [9.17, 15) is 0 Å². The van der Waals surface area contributed by atoms with Crippen LogP contribution in [-0.4, -0.2) is 19.2 Å². The van der Waals surface area contributed by atoms with Crippen molar-refractivity contribution in [3.63, 3.8) is 0 Å². The molecule has 1 fully saturated rings. The Bertz CT molecular complexity index is 473. The molecule has 0 spiro atoms. The van der Waals surface area contributed by atoms with Crippen molar-refractivity contribution in [2.45, 2.75) is 58.9 Å². The molecule has 1 aromatic carbocycles. The van der Waals surface area contributed by atoms with Gasteiger partial charge in [0.15, 0.2) is 0 Å². The smallest absolute Gasteiger partial charge is 0.125 e. The standard InChI is InChI=1S/C18H29NO/c1-12-7-9-16(17(20-6)13(12)2)15-10-8-14(15)11-19-18(3,4)5/h7,9,14-15,19H,8,10-11H2,1-6H3. The Balaban J connectivity index is 2.14. The Hall–Kier alpha value is -1.02. The Morgan fingerprint density at radius 1 is 1.20 bits per heavy atom. The van der Waals surface area contributed by atoms with E-state index in [0.717, 1.165) is 18.2 Å². The van der Waals surface area contributed by atoms with Gasteiger partial charge in [-0.25, -0.2) is 0 Å². The fourth-order valence-electron chi connectivity index (χ4n) is 3.03. The highest BCUT2D eigenvalue weighted by molar-refractivity contribution is 5.47. The van der Waals surface area contributed by atoms with E-state index < -0.39 is 0 Å². The predicted molar refractivity (Wildman–Crippen MR) is 85.7 cm³/mol. The molecule has 2 heteroatoms. The maximum atomic E-state index is 5.69. The fraction of sp³-hybridized carbons (Fsp3) is 0.667. The molecule has 0 saturated heterocycles. The van der Waals surface area contributed by atoms with E-state index in [4.69, 9.17) is 4.74 Å². The summed E-state index contributed by atoms with van der Waals surface area (Å²) in [7, 11) is 1.80. The van der Waals surface area contributed by atoms with Crippen molar-refractivity contribution in [3.05, 3.63) is 28.8 Å². The number of rotatable bonds is 4. The molecule has 2 rings (SSSR count). The maximum absolute atomic E-state index is 5.69. The number of ether oxygens (including phenoxy) is 1. The summed E-state index contributed by atoms with van der Waals surface area (Å²) in [6, 6.07) is 4.51. The van der Waals surface area contributed by atoms with Crippen molar-refractivity contribution in [2.24, 2.45) is 5.92 Å². The van der Waals surface area contributed by atoms with Gasteiger partial charge in [-0.05, 0) is 82.5 Å². The maximum Gasteiger partial charge on any atom is 0.125 e. The first-order chi connectivity index (χ1) is 9.33. The van der Waals surface area contributed by atoms with Crippen molar-refractivity contribution in [3.8, 4) is 5.75 Å². The van der Waals surface area contributed by atoms with Crippen LogP contribution in [0.1, 0.15) is 56.2 Å². The molecule has 0 aromatic heterocycles. The SMILES string of the molecule is COc1c(C2CCC2CNC(C)(C)C)ccc(C)c1C. The van der Waals surface area contributed by atoms with Crippen molar-refractivity contribution in [2.75, 3.05) is 13.7 Å². The Morgan fingerprint density at radius 3 is 2.40 bits per heavy atom. The highest BCUT2D eigenvalue weighted by Crippen LogP contribution is 2.46. The summed E-state index contributed by atoms with van der Waals surface area (Å²) in [6.07, 6.45) is 2.61. The zero-order valence-electron chi connectivity index (χ0n) is 13.8. The third kappa shape index (κ3) is 3.17. The minimum Gasteiger partial charge on any atom is -0.496 e. The molecule has 2 unspecified atom stereocenters. The van der Waals surface area contributed by atoms with E-state index in [1.54, 1.807) is 7.11 Å². The van der Waals surface area contributed by atoms with Gasteiger partial charge in [0.05, 0.1) is 7.11 Å². The van der Waals surface area contributed by atoms with Gasteiger partial charge in [-0.3, -0.25) is 0 Å². The molecule has 0 radical (unpaired) electrons.